The van der Waals surface area contributed by atoms with Crippen LogP contribution in [-0.4, -0.2) is 39.1 Å². The molecule has 0 radical (unpaired) electrons. The molecule has 3 aromatic rings. The average Bonchev–Trinajstić information content (AvgIpc) is 3.16. The summed E-state index contributed by atoms with van der Waals surface area (Å²) in [5.74, 6) is 2.88. The number of H-pyrrole nitrogens is 1. The van der Waals surface area contributed by atoms with E-state index in [-0.39, 0.29) is 0 Å². The van der Waals surface area contributed by atoms with Crippen molar-refractivity contribution in [1.82, 2.24) is 19.9 Å². The second kappa shape index (κ2) is 8.11. The van der Waals surface area contributed by atoms with E-state index in [1.54, 1.807) is 0 Å². The van der Waals surface area contributed by atoms with Gasteiger partial charge in [-0.15, -0.1) is 0 Å². The summed E-state index contributed by atoms with van der Waals surface area (Å²) in [5.41, 5.74) is 10.0. The highest BCUT2D eigenvalue weighted by molar-refractivity contribution is 5.78. The Morgan fingerprint density at radius 1 is 0.966 bits per heavy atom. The molecule has 1 saturated heterocycles. The average molecular weight is 391 g/mol. The Labute approximate surface area is 172 Å². The molecule has 0 atom stereocenters. The number of nitrogens with one attached hydrogen (secondary N) is 1. The summed E-state index contributed by atoms with van der Waals surface area (Å²) in [5, 5.41) is 0. The molecule has 0 unspecified atom stereocenters. The fourth-order valence-electron chi connectivity index (χ4n) is 4.74. The molecule has 6 heteroatoms. The third-order valence-corrected chi connectivity index (χ3v) is 6.54. The molecule has 6 nitrogen and oxygen atoms in total. The Morgan fingerprint density at radius 3 is 2.52 bits per heavy atom. The molecule has 3 aromatic heterocycles. The first-order chi connectivity index (χ1) is 14.2. The third-order valence-electron chi connectivity index (χ3n) is 6.54. The number of rotatable bonds is 4. The van der Waals surface area contributed by atoms with Gasteiger partial charge in [0.15, 0.2) is 5.65 Å². The second-order valence-electron chi connectivity index (χ2n) is 8.72. The molecule has 5 rings (SSSR count). The zero-order chi connectivity index (χ0) is 19.6. The van der Waals surface area contributed by atoms with Crippen LogP contribution in [0.4, 0.5) is 5.82 Å². The van der Waals surface area contributed by atoms with Gasteiger partial charge in [0.2, 0.25) is 0 Å². The monoisotopic (exact) mass is 390 g/mol. The smallest absolute Gasteiger partial charge is 0.177 e. The van der Waals surface area contributed by atoms with Crippen molar-refractivity contribution in [1.29, 1.82) is 0 Å². The number of piperidine rings is 1. The Morgan fingerprint density at radius 2 is 1.76 bits per heavy atom. The number of aromatic amines is 1. The van der Waals surface area contributed by atoms with E-state index in [2.05, 4.69) is 33.1 Å². The zero-order valence-corrected chi connectivity index (χ0v) is 17.0. The lowest BCUT2D eigenvalue weighted by atomic mass is 9.87. The first-order valence-corrected chi connectivity index (χ1v) is 11.1. The first kappa shape index (κ1) is 18.6. The van der Waals surface area contributed by atoms with E-state index in [0.29, 0.717) is 6.04 Å². The van der Waals surface area contributed by atoms with Crippen molar-refractivity contribution < 1.29 is 0 Å². The van der Waals surface area contributed by atoms with Gasteiger partial charge in [0.05, 0.1) is 5.52 Å². The van der Waals surface area contributed by atoms with E-state index in [4.69, 9.17) is 15.7 Å². The van der Waals surface area contributed by atoms with E-state index in [9.17, 15) is 0 Å². The number of hydrogen-bond donors (Lipinski definition) is 2. The molecule has 0 bridgehead atoms. The molecule has 1 aliphatic heterocycles. The van der Waals surface area contributed by atoms with Gasteiger partial charge in [-0.2, -0.15) is 0 Å². The van der Waals surface area contributed by atoms with Crippen molar-refractivity contribution in [2.45, 2.75) is 57.4 Å². The van der Waals surface area contributed by atoms with Gasteiger partial charge in [-0.3, -0.25) is 0 Å². The predicted octanol–water partition coefficient (Wildman–Crippen LogP) is 4.07. The predicted molar refractivity (Wildman–Crippen MR) is 117 cm³/mol. The van der Waals surface area contributed by atoms with Crippen LogP contribution in [-0.2, 0) is 6.42 Å². The van der Waals surface area contributed by atoms with Crippen molar-refractivity contribution in [3.05, 3.63) is 36.4 Å². The van der Waals surface area contributed by atoms with Crippen LogP contribution in [0, 0.1) is 5.92 Å². The molecule has 4 heterocycles. The molecule has 0 amide bonds. The summed E-state index contributed by atoms with van der Waals surface area (Å²) >= 11 is 0. The number of fused-ring (bicyclic) bond motifs is 1. The number of nitrogens with two attached hydrogens (primary N) is 1. The van der Waals surface area contributed by atoms with Crippen LogP contribution in [0.25, 0.3) is 22.3 Å². The molecule has 29 heavy (non-hydrogen) atoms. The number of nitrogens with zero attached hydrogens (tertiary/aromatic N) is 4. The highest BCUT2D eigenvalue weighted by atomic mass is 15.2. The normalized spacial score (nSPS) is 19.1. The first-order valence-electron chi connectivity index (χ1n) is 11.1. The molecule has 0 spiro atoms. The Bertz CT molecular complexity index is 949. The largest absolute Gasteiger partial charge is 0.357 e. The van der Waals surface area contributed by atoms with E-state index < -0.39 is 0 Å². The summed E-state index contributed by atoms with van der Waals surface area (Å²) in [6.45, 7) is 1.97. The Kier molecular flexibility index (Phi) is 5.19. The van der Waals surface area contributed by atoms with Gasteiger partial charge < -0.3 is 15.6 Å². The maximum atomic E-state index is 6.01. The third kappa shape index (κ3) is 4.13. The minimum atomic E-state index is 0.334. The number of imidazole rings is 1. The van der Waals surface area contributed by atoms with Gasteiger partial charge in [0.25, 0.3) is 0 Å². The summed E-state index contributed by atoms with van der Waals surface area (Å²) in [6.07, 6.45) is 13.7. The SMILES string of the molecule is NC1CCN(c2ccc(-c3cnc4nc(CC5CCCCC5)[nH]c4c3)cn2)CC1. The van der Waals surface area contributed by atoms with Crippen molar-refractivity contribution in [3.63, 3.8) is 0 Å². The lowest BCUT2D eigenvalue weighted by molar-refractivity contribution is 0.352. The molecular weight excluding hydrogens is 360 g/mol. The maximum Gasteiger partial charge on any atom is 0.177 e. The van der Waals surface area contributed by atoms with E-state index >= 15 is 0 Å². The zero-order valence-electron chi connectivity index (χ0n) is 17.0. The van der Waals surface area contributed by atoms with E-state index in [1.165, 1.54) is 32.1 Å². The van der Waals surface area contributed by atoms with Crippen molar-refractivity contribution in [2.24, 2.45) is 11.7 Å². The van der Waals surface area contributed by atoms with Gasteiger partial charge in [0, 0.05) is 49.1 Å². The van der Waals surface area contributed by atoms with Gasteiger partial charge in [-0.25, -0.2) is 15.0 Å². The van der Waals surface area contributed by atoms with Crippen LogP contribution in [0.2, 0.25) is 0 Å². The highest BCUT2D eigenvalue weighted by Gasteiger charge is 2.18. The van der Waals surface area contributed by atoms with Crippen molar-refractivity contribution in [2.75, 3.05) is 18.0 Å². The molecule has 3 N–H and O–H groups in total. The molecule has 152 valence electrons. The highest BCUT2D eigenvalue weighted by Crippen LogP contribution is 2.28. The lowest BCUT2D eigenvalue weighted by Crippen LogP contribution is -2.40. The fourth-order valence-corrected chi connectivity index (χ4v) is 4.74. The van der Waals surface area contributed by atoms with Gasteiger partial charge in [0.1, 0.15) is 11.6 Å². The molecule has 2 aliphatic rings. The quantitative estimate of drug-likeness (QED) is 0.701. The summed E-state index contributed by atoms with van der Waals surface area (Å²) < 4.78 is 0. The summed E-state index contributed by atoms with van der Waals surface area (Å²) in [7, 11) is 0. The Hall–Kier alpha value is -2.47. The van der Waals surface area contributed by atoms with Crippen molar-refractivity contribution >= 4 is 17.0 Å². The number of anilines is 1. The molecular formula is C23H30N6. The van der Waals surface area contributed by atoms with Crippen LogP contribution in [0.1, 0.15) is 50.8 Å². The lowest BCUT2D eigenvalue weighted by Gasteiger charge is -2.31. The minimum absolute atomic E-state index is 0.334. The molecule has 1 aliphatic carbocycles. The second-order valence-corrected chi connectivity index (χ2v) is 8.72. The van der Waals surface area contributed by atoms with Crippen molar-refractivity contribution in [3.8, 4) is 11.1 Å². The van der Waals surface area contributed by atoms with E-state index in [1.807, 2.05) is 12.4 Å². The van der Waals surface area contributed by atoms with Crippen LogP contribution in [0.3, 0.4) is 0 Å². The van der Waals surface area contributed by atoms with Gasteiger partial charge in [-0.05, 0) is 37.0 Å². The standard InChI is InChI=1S/C23H30N6/c24-19-8-10-29(11-9-19)22-7-6-17(14-25-22)18-13-20-23(26-15-18)28-21(27-20)12-16-4-2-1-3-5-16/h6-7,13-16,19H,1-5,8-12,24H2,(H,26,27,28). The van der Waals surface area contributed by atoms with Crippen LogP contribution < -0.4 is 10.6 Å². The summed E-state index contributed by atoms with van der Waals surface area (Å²) in [4.78, 5) is 19.8. The Balaban J connectivity index is 1.32. The fraction of sp³-hybridized carbons (Fsp3) is 0.522. The van der Waals surface area contributed by atoms with Crippen LogP contribution in [0.5, 0.6) is 0 Å². The number of pyridine rings is 2. The molecule has 1 saturated carbocycles. The molecule has 2 fully saturated rings. The van der Waals surface area contributed by atoms with Gasteiger partial charge >= 0.3 is 0 Å². The van der Waals surface area contributed by atoms with E-state index in [0.717, 1.165) is 72.2 Å². The maximum absolute atomic E-state index is 6.01. The van der Waals surface area contributed by atoms with Crippen LogP contribution in [0.15, 0.2) is 30.6 Å². The number of aromatic nitrogens is 4. The van der Waals surface area contributed by atoms with Crippen LogP contribution >= 0.6 is 0 Å². The number of hydrogen-bond acceptors (Lipinski definition) is 5. The van der Waals surface area contributed by atoms with Gasteiger partial charge in [-0.1, -0.05) is 32.1 Å². The summed E-state index contributed by atoms with van der Waals surface area (Å²) in [6, 6.07) is 6.73. The topological polar surface area (TPSA) is 83.7 Å². The minimum Gasteiger partial charge on any atom is -0.357 e. The molecule has 0 aromatic carbocycles.